The van der Waals surface area contributed by atoms with E-state index in [-0.39, 0.29) is 18.9 Å². The first-order valence-corrected chi connectivity index (χ1v) is 14.7. The van der Waals surface area contributed by atoms with E-state index in [0.717, 1.165) is 47.5 Å². The Bertz CT molecular complexity index is 1240. The third-order valence-electron chi connectivity index (χ3n) is 6.81. The molecule has 0 saturated carbocycles. The van der Waals surface area contributed by atoms with Crippen LogP contribution in [0.25, 0.3) is 0 Å². The summed E-state index contributed by atoms with van der Waals surface area (Å²) in [6, 6.07) is 16.2. The van der Waals surface area contributed by atoms with E-state index in [0.29, 0.717) is 24.2 Å². The van der Waals surface area contributed by atoms with Gasteiger partial charge < -0.3 is 20.6 Å². The molecule has 8 heteroatoms. The van der Waals surface area contributed by atoms with Crippen molar-refractivity contribution in [2.75, 3.05) is 20.1 Å². The summed E-state index contributed by atoms with van der Waals surface area (Å²) in [7, 11) is 2.05. The summed E-state index contributed by atoms with van der Waals surface area (Å²) >= 11 is 3.51. The van der Waals surface area contributed by atoms with Crippen LogP contribution in [-0.2, 0) is 25.9 Å². The minimum absolute atomic E-state index is 0.0647. The van der Waals surface area contributed by atoms with Crippen molar-refractivity contribution in [3.63, 3.8) is 0 Å². The van der Waals surface area contributed by atoms with Crippen LogP contribution in [0, 0.1) is 11.6 Å². The smallest absolute Gasteiger partial charge is 0.251 e. The largest absolute Gasteiger partial charge is 0.390 e. The van der Waals surface area contributed by atoms with Gasteiger partial charge in [0, 0.05) is 35.7 Å². The number of unbranched alkanes of at least 4 members (excludes halogenated alkanes) is 1. The topological polar surface area (TPSA) is 64.6 Å². The number of carbonyl (C=O) groups excluding carboxylic acids is 1. The monoisotopic (exact) mass is 615 g/mol. The molecule has 0 bridgehead atoms. The third kappa shape index (κ3) is 10.4. The van der Waals surface area contributed by atoms with Gasteiger partial charge in [0.05, 0.1) is 12.1 Å². The van der Waals surface area contributed by atoms with E-state index in [9.17, 15) is 18.7 Å². The number of benzene rings is 3. The van der Waals surface area contributed by atoms with Crippen molar-refractivity contribution in [1.29, 1.82) is 0 Å². The maximum absolute atomic E-state index is 13.9. The summed E-state index contributed by atoms with van der Waals surface area (Å²) in [6.07, 6.45) is 2.19. The Hall–Kier alpha value is -2.65. The Labute approximate surface area is 245 Å². The molecule has 3 rings (SSSR count). The van der Waals surface area contributed by atoms with Crippen molar-refractivity contribution in [1.82, 2.24) is 15.5 Å². The third-order valence-corrected chi connectivity index (χ3v) is 7.26. The summed E-state index contributed by atoms with van der Waals surface area (Å²) in [5.74, 6) is -1.77. The molecule has 2 unspecified atom stereocenters. The second-order valence-corrected chi connectivity index (χ2v) is 11.3. The van der Waals surface area contributed by atoms with Crippen molar-refractivity contribution < 1.29 is 18.7 Å². The maximum atomic E-state index is 13.9. The van der Waals surface area contributed by atoms with Crippen molar-refractivity contribution in [3.8, 4) is 0 Å². The highest BCUT2D eigenvalue weighted by atomic mass is 79.9. The van der Waals surface area contributed by atoms with Crippen molar-refractivity contribution in [3.05, 3.63) is 105 Å². The lowest BCUT2D eigenvalue weighted by Crippen LogP contribution is -2.48. The molecule has 0 fully saturated rings. The Morgan fingerprint density at radius 2 is 1.70 bits per heavy atom. The molecule has 0 aliphatic heterocycles. The molecule has 0 heterocycles. The van der Waals surface area contributed by atoms with E-state index in [1.165, 1.54) is 17.7 Å². The SMILES string of the molecule is CCCCN(C)Cc1cc(Br)cc(C(=O)NC(Cc2cc(F)cc(F)c2)C(O)CNCc2cccc(CC)c2)c1. The van der Waals surface area contributed by atoms with Crippen LogP contribution in [0.1, 0.15) is 59.3 Å². The first kappa shape index (κ1) is 31.9. The lowest BCUT2D eigenvalue weighted by Gasteiger charge is -2.25. The van der Waals surface area contributed by atoms with E-state index < -0.39 is 23.8 Å². The summed E-state index contributed by atoms with van der Waals surface area (Å²) in [5.41, 5.74) is 4.09. The fraction of sp³-hybridized carbons (Fsp3) is 0.406. The number of carbonyl (C=O) groups is 1. The van der Waals surface area contributed by atoms with Gasteiger partial charge in [0.25, 0.3) is 5.91 Å². The van der Waals surface area contributed by atoms with Gasteiger partial charge in [-0.05, 0) is 85.4 Å². The van der Waals surface area contributed by atoms with Crippen LogP contribution in [0.4, 0.5) is 8.78 Å². The molecule has 0 saturated heterocycles. The van der Waals surface area contributed by atoms with E-state index in [4.69, 9.17) is 0 Å². The predicted molar refractivity (Wildman–Crippen MR) is 160 cm³/mol. The van der Waals surface area contributed by atoms with Crippen LogP contribution in [0.5, 0.6) is 0 Å². The van der Waals surface area contributed by atoms with Crippen LogP contribution in [0.2, 0.25) is 0 Å². The number of halogens is 3. The quantitative estimate of drug-likeness (QED) is 0.196. The predicted octanol–water partition coefficient (Wildman–Crippen LogP) is 6.01. The normalized spacial score (nSPS) is 12.9. The number of aryl methyl sites for hydroxylation is 1. The average Bonchev–Trinajstić information content (AvgIpc) is 2.90. The Kier molecular flexibility index (Phi) is 12.7. The van der Waals surface area contributed by atoms with Gasteiger partial charge in [-0.1, -0.05) is 60.5 Å². The van der Waals surface area contributed by atoms with Crippen LogP contribution < -0.4 is 10.6 Å². The highest BCUT2D eigenvalue weighted by Gasteiger charge is 2.23. The molecule has 40 heavy (non-hydrogen) atoms. The molecule has 0 spiro atoms. The van der Waals surface area contributed by atoms with Crippen molar-refractivity contribution in [2.45, 2.75) is 64.8 Å². The maximum Gasteiger partial charge on any atom is 0.251 e. The number of aliphatic hydroxyl groups is 1. The van der Waals surface area contributed by atoms with E-state index in [1.807, 2.05) is 31.3 Å². The molecule has 0 aliphatic rings. The molecule has 2 atom stereocenters. The van der Waals surface area contributed by atoms with Gasteiger partial charge in [-0.2, -0.15) is 0 Å². The average molecular weight is 617 g/mol. The second-order valence-electron chi connectivity index (χ2n) is 10.4. The molecule has 3 N–H and O–H groups in total. The van der Waals surface area contributed by atoms with Crippen LogP contribution in [0.15, 0.2) is 65.1 Å². The van der Waals surface area contributed by atoms with Gasteiger partial charge in [0.2, 0.25) is 0 Å². The summed E-state index contributed by atoms with van der Waals surface area (Å²) in [4.78, 5) is 15.6. The number of aliphatic hydroxyl groups excluding tert-OH is 1. The Morgan fingerprint density at radius 1 is 0.975 bits per heavy atom. The molecule has 1 amide bonds. The summed E-state index contributed by atoms with van der Waals surface area (Å²) in [6.45, 7) is 6.62. The molecule has 0 aliphatic carbocycles. The van der Waals surface area contributed by atoms with E-state index in [1.54, 1.807) is 6.07 Å². The molecule has 3 aromatic rings. The fourth-order valence-corrected chi connectivity index (χ4v) is 5.22. The zero-order valence-electron chi connectivity index (χ0n) is 23.5. The van der Waals surface area contributed by atoms with Gasteiger partial charge in [0.15, 0.2) is 0 Å². The van der Waals surface area contributed by atoms with E-state index >= 15 is 0 Å². The fourth-order valence-electron chi connectivity index (χ4n) is 4.68. The lowest BCUT2D eigenvalue weighted by molar-refractivity contribution is 0.0829. The molecule has 0 aromatic heterocycles. The molecular formula is C32H40BrF2N3O2. The minimum atomic E-state index is -1.00. The van der Waals surface area contributed by atoms with Crippen LogP contribution in [-0.4, -0.2) is 48.2 Å². The standard InChI is InChI=1S/C32H40BrF2N3O2/c1-4-6-10-38(3)21-25-12-26(17-27(33)13-25)32(40)37-30(16-24-14-28(34)18-29(35)15-24)31(39)20-36-19-23-9-7-8-22(5-2)11-23/h7-9,11-15,17-18,30-31,36,39H,4-6,10,16,19-21H2,1-3H3,(H,37,40). The number of amides is 1. The Balaban J connectivity index is 1.74. The first-order chi connectivity index (χ1) is 19.2. The van der Waals surface area contributed by atoms with E-state index in [2.05, 4.69) is 57.4 Å². The van der Waals surface area contributed by atoms with Crippen molar-refractivity contribution >= 4 is 21.8 Å². The number of hydrogen-bond donors (Lipinski definition) is 3. The highest BCUT2D eigenvalue weighted by Crippen LogP contribution is 2.19. The van der Waals surface area contributed by atoms with Crippen molar-refractivity contribution in [2.24, 2.45) is 0 Å². The van der Waals surface area contributed by atoms with Crippen LogP contribution in [0.3, 0.4) is 0 Å². The van der Waals surface area contributed by atoms with Gasteiger partial charge >= 0.3 is 0 Å². The molecule has 216 valence electrons. The first-order valence-electron chi connectivity index (χ1n) is 13.9. The zero-order valence-corrected chi connectivity index (χ0v) is 25.1. The van der Waals surface area contributed by atoms with Gasteiger partial charge in [-0.25, -0.2) is 8.78 Å². The van der Waals surface area contributed by atoms with Gasteiger partial charge in [0.1, 0.15) is 11.6 Å². The lowest BCUT2D eigenvalue weighted by atomic mass is 9.99. The van der Waals surface area contributed by atoms with Crippen LogP contribution >= 0.6 is 15.9 Å². The molecule has 5 nitrogen and oxygen atoms in total. The number of nitrogens with one attached hydrogen (secondary N) is 2. The number of rotatable bonds is 15. The number of nitrogens with zero attached hydrogens (tertiary/aromatic N) is 1. The summed E-state index contributed by atoms with van der Waals surface area (Å²) in [5, 5.41) is 17.3. The molecule has 0 radical (unpaired) electrons. The molecule has 3 aromatic carbocycles. The Morgan fingerprint density at radius 3 is 2.40 bits per heavy atom. The van der Waals surface area contributed by atoms with Gasteiger partial charge in [-0.3, -0.25) is 4.79 Å². The van der Waals surface area contributed by atoms with Gasteiger partial charge in [-0.15, -0.1) is 0 Å². The summed E-state index contributed by atoms with van der Waals surface area (Å²) < 4.78 is 28.6. The minimum Gasteiger partial charge on any atom is -0.390 e. The zero-order chi connectivity index (χ0) is 29.1. The highest BCUT2D eigenvalue weighted by molar-refractivity contribution is 9.10. The second kappa shape index (κ2) is 16.0. The molecular weight excluding hydrogens is 576 g/mol. The number of hydrogen-bond acceptors (Lipinski definition) is 4.